The number of benzene rings is 2. The van der Waals surface area contributed by atoms with Crippen LogP contribution in [0.5, 0.6) is 11.5 Å². The highest BCUT2D eigenvalue weighted by atomic mass is 19.1. The molecule has 0 fully saturated rings. The van der Waals surface area contributed by atoms with E-state index in [9.17, 15) is 9.18 Å². The van der Waals surface area contributed by atoms with Crippen LogP contribution in [0.1, 0.15) is 61.0 Å². The molecule has 0 amide bonds. The molecule has 2 atom stereocenters. The summed E-state index contributed by atoms with van der Waals surface area (Å²) in [6.45, 7) is 3.55. The zero-order chi connectivity index (χ0) is 19.2. The van der Waals surface area contributed by atoms with E-state index < -0.39 is 11.6 Å². The van der Waals surface area contributed by atoms with Crippen LogP contribution in [0, 0.1) is 0 Å². The van der Waals surface area contributed by atoms with Crippen LogP contribution in [0.2, 0.25) is 0 Å². The summed E-state index contributed by atoms with van der Waals surface area (Å²) in [4.78, 5) is 11.0. The van der Waals surface area contributed by atoms with E-state index in [1.807, 2.05) is 36.4 Å². The summed E-state index contributed by atoms with van der Waals surface area (Å²) < 4.78 is 26.4. The van der Waals surface area contributed by atoms with Crippen LogP contribution in [0.25, 0.3) is 0 Å². The number of ether oxygens (including phenoxy) is 2. The van der Waals surface area contributed by atoms with Gasteiger partial charge in [-0.1, -0.05) is 24.3 Å². The van der Waals surface area contributed by atoms with Gasteiger partial charge in [-0.15, -0.1) is 0 Å². The van der Waals surface area contributed by atoms with Crippen molar-refractivity contribution >= 4 is 5.97 Å². The number of carboxylic acid groups (broad SMARTS) is 1. The van der Waals surface area contributed by atoms with Gasteiger partial charge >= 0.3 is 5.97 Å². The van der Waals surface area contributed by atoms with Crippen LogP contribution in [-0.2, 0) is 16.9 Å². The summed E-state index contributed by atoms with van der Waals surface area (Å²) >= 11 is 0. The van der Waals surface area contributed by atoms with Gasteiger partial charge in [-0.25, -0.2) is 4.39 Å². The first-order chi connectivity index (χ1) is 12.8. The summed E-state index contributed by atoms with van der Waals surface area (Å²) in [5, 5.41) is 9.01. The lowest BCUT2D eigenvalue weighted by Crippen LogP contribution is -2.12. The third kappa shape index (κ3) is 3.38. The number of fused-ring (bicyclic) bond motifs is 2. The molecule has 2 aliphatic rings. The quantitative estimate of drug-likeness (QED) is 0.813. The summed E-state index contributed by atoms with van der Waals surface area (Å²) in [7, 11) is 0. The highest BCUT2D eigenvalue weighted by Gasteiger charge is 2.32. The van der Waals surface area contributed by atoms with Crippen LogP contribution < -0.4 is 9.47 Å². The summed E-state index contributed by atoms with van der Waals surface area (Å²) in [6.07, 6.45) is 1.55. The largest absolute Gasteiger partial charge is 0.492 e. The molecule has 0 aromatic heterocycles. The maximum atomic E-state index is 14.5. The Labute approximate surface area is 157 Å². The standard InChI is InChI=1S/C22H23FO4/c1-22(2,23)18-5-3-4-17-16(18)8-9-19(17)27-14-6-7-15-13(10-21(24)25)12-26-20(15)11-14/h3-7,11,13,19H,8-10,12H2,1-2H3,(H,24,25)/t13-,19-/m1/s1. The molecule has 1 aliphatic carbocycles. The average Bonchev–Trinajstić information content (AvgIpc) is 3.18. The molecule has 0 bridgehead atoms. The number of aliphatic carboxylic acids is 1. The molecular formula is C22H23FO4. The van der Waals surface area contributed by atoms with Gasteiger partial charge in [-0.05, 0) is 49.4 Å². The van der Waals surface area contributed by atoms with E-state index in [0.29, 0.717) is 18.1 Å². The number of carboxylic acids is 1. The van der Waals surface area contributed by atoms with Crippen LogP contribution in [-0.4, -0.2) is 17.7 Å². The monoisotopic (exact) mass is 370 g/mol. The van der Waals surface area contributed by atoms with Gasteiger partial charge in [0.25, 0.3) is 0 Å². The first-order valence-electron chi connectivity index (χ1n) is 9.29. The number of carbonyl (C=O) groups is 1. The van der Waals surface area contributed by atoms with Gasteiger partial charge in [-0.2, -0.15) is 0 Å². The van der Waals surface area contributed by atoms with Gasteiger partial charge in [0.2, 0.25) is 0 Å². The van der Waals surface area contributed by atoms with Crippen LogP contribution in [0.4, 0.5) is 4.39 Å². The van der Waals surface area contributed by atoms with Gasteiger partial charge in [0, 0.05) is 17.5 Å². The van der Waals surface area contributed by atoms with Crippen molar-refractivity contribution < 1.29 is 23.8 Å². The van der Waals surface area contributed by atoms with Crippen LogP contribution >= 0.6 is 0 Å². The maximum absolute atomic E-state index is 14.5. The molecule has 0 saturated heterocycles. The minimum atomic E-state index is -1.37. The zero-order valence-electron chi connectivity index (χ0n) is 15.5. The Morgan fingerprint density at radius 3 is 2.85 bits per heavy atom. The Kier molecular flexibility index (Phi) is 4.33. The minimum absolute atomic E-state index is 0.0605. The predicted molar refractivity (Wildman–Crippen MR) is 99.2 cm³/mol. The zero-order valence-corrected chi connectivity index (χ0v) is 15.5. The summed E-state index contributed by atoms with van der Waals surface area (Å²) in [5.41, 5.74) is 2.37. The lowest BCUT2D eigenvalue weighted by Gasteiger charge is -2.20. The number of rotatable bonds is 5. The predicted octanol–water partition coefficient (Wildman–Crippen LogP) is 4.91. The highest BCUT2D eigenvalue weighted by Crippen LogP contribution is 2.43. The van der Waals surface area contributed by atoms with E-state index in [1.165, 1.54) is 0 Å². The normalized spacial score (nSPS) is 20.7. The lowest BCUT2D eigenvalue weighted by atomic mass is 9.92. The Balaban J connectivity index is 1.55. The molecule has 27 heavy (non-hydrogen) atoms. The van der Waals surface area contributed by atoms with E-state index >= 15 is 0 Å². The van der Waals surface area contributed by atoms with Crippen LogP contribution in [0.3, 0.4) is 0 Å². The molecule has 0 unspecified atom stereocenters. The van der Waals surface area contributed by atoms with Gasteiger partial charge in [0.1, 0.15) is 23.3 Å². The molecule has 1 heterocycles. The third-order valence-corrected chi connectivity index (χ3v) is 5.42. The van der Waals surface area contributed by atoms with Crippen molar-refractivity contribution in [3.8, 4) is 11.5 Å². The van der Waals surface area contributed by atoms with E-state index in [-0.39, 0.29) is 18.4 Å². The lowest BCUT2D eigenvalue weighted by molar-refractivity contribution is -0.137. The van der Waals surface area contributed by atoms with Crippen molar-refractivity contribution in [2.75, 3.05) is 6.61 Å². The van der Waals surface area contributed by atoms with E-state index in [4.69, 9.17) is 14.6 Å². The van der Waals surface area contributed by atoms with Gasteiger partial charge in [0.15, 0.2) is 0 Å². The topological polar surface area (TPSA) is 55.8 Å². The number of hydrogen-bond donors (Lipinski definition) is 1. The Bertz CT molecular complexity index is 884. The molecule has 2 aromatic carbocycles. The van der Waals surface area contributed by atoms with E-state index in [1.54, 1.807) is 13.8 Å². The average molecular weight is 370 g/mol. The smallest absolute Gasteiger partial charge is 0.304 e. The van der Waals surface area contributed by atoms with Crippen molar-refractivity contribution in [3.63, 3.8) is 0 Å². The number of alkyl halides is 1. The van der Waals surface area contributed by atoms with Crippen molar-refractivity contribution in [2.24, 2.45) is 0 Å². The molecule has 142 valence electrons. The number of halogens is 1. The fourth-order valence-electron chi connectivity index (χ4n) is 4.17. The highest BCUT2D eigenvalue weighted by molar-refractivity contribution is 5.68. The van der Waals surface area contributed by atoms with Crippen molar-refractivity contribution in [1.82, 2.24) is 0 Å². The van der Waals surface area contributed by atoms with E-state index in [2.05, 4.69) is 0 Å². The fourth-order valence-corrected chi connectivity index (χ4v) is 4.17. The van der Waals surface area contributed by atoms with E-state index in [0.717, 1.165) is 35.1 Å². The van der Waals surface area contributed by atoms with Gasteiger partial charge < -0.3 is 14.6 Å². The van der Waals surface area contributed by atoms with Crippen molar-refractivity contribution in [3.05, 3.63) is 58.7 Å². The second-order valence-electron chi connectivity index (χ2n) is 7.80. The molecule has 1 N–H and O–H groups in total. The minimum Gasteiger partial charge on any atom is -0.492 e. The third-order valence-electron chi connectivity index (χ3n) is 5.42. The SMILES string of the molecule is CC(C)(F)c1cccc2c1CC[C@H]2Oc1ccc2c(c1)OC[C@H]2CC(=O)O. The molecule has 2 aromatic rings. The fraction of sp³-hybridized carbons (Fsp3) is 0.409. The molecule has 5 heteroatoms. The molecule has 4 nitrogen and oxygen atoms in total. The first-order valence-corrected chi connectivity index (χ1v) is 9.29. The molecule has 0 radical (unpaired) electrons. The summed E-state index contributed by atoms with van der Waals surface area (Å²) in [6, 6.07) is 11.3. The summed E-state index contributed by atoms with van der Waals surface area (Å²) in [5.74, 6) is 0.433. The Morgan fingerprint density at radius 2 is 2.11 bits per heavy atom. The van der Waals surface area contributed by atoms with Gasteiger partial charge in [-0.3, -0.25) is 4.79 Å². The second kappa shape index (κ2) is 6.55. The Morgan fingerprint density at radius 1 is 1.30 bits per heavy atom. The maximum Gasteiger partial charge on any atom is 0.304 e. The first kappa shape index (κ1) is 17.8. The molecule has 0 saturated carbocycles. The molecule has 4 rings (SSSR count). The second-order valence-corrected chi connectivity index (χ2v) is 7.80. The van der Waals surface area contributed by atoms with Crippen molar-refractivity contribution in [2.45, 2.75) is 50.8 Å². The molecule has 0 spiro atoms. The van der Waals surface area contributed by atoms with Crippen LogP contribution in [0.15, 0.2) is 36.4 Å². The molecule has 1 aliphatic heterocycles. The molecular weight excluding hydrogens is 347 g/mol. The number of hydrogen-bond acceptors (Lipinski definition) is 3. The van der Waals surface area contributed by atoms with Crippen molar-refractivity contribution in [1.29, 1.82) is 0 Å². The van der Waals surface area contributed by atoms with Gasteiger partial charge in [0.05, 0.1) is 13.0 Å². The Hall–Kier alpha value is -2.56.